The smallest absolute Gasteiger partial charge is 0.410 e. The molecule has 5 nitrogen and oxygen atoms in total. The zero-order valence-corrected chi connectivity index (χ0v) is 14.0. The van der Waals surface area contributed by atoms with Gasteiger partial charge in [-0.05, 0) is 58.3 Å². The maximum absolute atomic E-state index is 12.1. The first-order valence-corrected chi connectivity index (χ1v) is 8.48. The Morgan fingerprint density at radius 2 is 1.64 bits per heavy atom. The van der Waals surface area contributed by atoms with Crippen LogP contribution < -0.4 is 0 Å². The second-order valence-corrected chi connectivity index (χ2v) is 7.70. The molecule has 1 N–H and O–H groups in total. The van der Waals surface area contributed by atoms with E-state index in [1.54, 1.807) is 4.90 Å². The predicted octanol–water partition coefficient (Wildman–Crippen LogP) is 3.52. The Balaban J connectivity index is 1.88. The van der Waals surface area contributed by atoms with Crippen LogP contribution in [0.5, 0.6) is 0 Å². The third kappa shape index (κ3) is 4.37. The lowest BCUT2D eigenvalue weighted by atomic mass is 9.69. The summed E-state index contributed by atoms with van der Waals surface area (Å²) in [5.41, 5.74) is -0.467. The minimum atomic E-state index is -0.640. The van der Waals surface area contributed by atoms with E-state index in [1.807, 2.05) is 20.8 Å². The number of hydrogen-bond acceptors (Lipinski definition) is 3. The van der Waals surface area contributed by atoms with Crippen molar-refractivity contribution in [2.75, 3.05) is 13.1 Å². The number of likely N-dealkylation sites (tertiary alicyclic amines) is 1. The van der Waals surface area contributed by atoms with E-state index in [2.05, 4.69) is 0 Å². The molecule has 1 heterocycles. The average Bonchev–Trinajstić information content (AvgIpc) is 2.45. The van der Waals surface area contributed by atoms with Crippen LogP contribution in [0.25, 0.3) is 0 Å². The third-order valence-corrected chi connectivity index (χ3v) is 4.93. The van der Waals surface area contributed by atoms with Crippen molar-refractivity contribution in [2.24, 2.45) is 17.8 Å². The molecule has 2 fully saturated rings. The number of hydrogen-bond donors (Lipinski definition) is 1. The Bertz CT molecular complexity index is 407. The largest absolute Gasteiger partial charge is 0.481 e. The zero-order chi connectivity index (χ0) is 16.3. The molecule has 1 saturated heterocycles. The van der Waals surface area contributed by atoms with E-state index in [4.69, 9.17) is 4.74 Å². The Morgan fingerprint density at radius 1 is 1.05 bits per heavy atom. The Hall–Kier alpha value is -1.26. The van der Waals surface area contributed by atoms with E-state index in [0.717, 1.165) is 38.5 Å². The monoisotopic (exact) mass is 311 g/mol. The fourth-order valence-corrected chi connectivity index (χ4v) is 3.87. The quantitative estimate of drug-likeness (QED) is 0.847. The second kappa shape index (κ2) is 6.88. The molecular weight excluding hydrogens is 282 g/mol. The van der Waals surface area contributed by atoms with Crippen LogP contribution in [0, 0.1) is 17.8 Å². The molecule has 5 heteroatoms. The van der Waals surface area contributed by atoms with Gasteiger partial charge in [0.25, 0.3) is 0 Å². The molecule has 1 saturated carbocycles. The van der Waals surface area contributed by atoms with Crippen molar-refractivity contribution < 1.29 is 19.4 Å². The van der Waals surface area contributed by atoms with E-state index in [1.165, 1.54) is 0 Å². The summed E-state index contributed by atoms with van der Waals surface area (Å²) in [7, 11) is 0. The van der Waals surface area contributed by atoms with Gasteiger partial charge in [-0.3, -0.25) is 4.79 Å². The molecule has 2 atom stereocenters. The molecule has 2 rings (SSSR count). The molecule has 22 heavy (non-hydrogen) atoms. The van der Waals surface area contributed by atoms with Crippen molar-refractivity contribution in [1.29, 1.82) is 0 Å². The molecule has 0 aromatic rings. The summed E-state index contributed by atoms with van der Waals surface area (Å²) in [6, 6.07) is 0. The van der Waals surface area contributed by atoms with Crippen molar-refractivity contribution >= 4 is 12.1 Å². The number of rotatable bonds is 2. The topological polar surface area (TPSA) is 66.8 Å². The van der Waals surface area contributed by atoms with Crippen molar-refractivity contribution in [1.82, 2.24) is 4.90 Å². The number of carboxylic acids is 1. The molecule has 1 aliphatic heterocycles. The highest BCUT2D eigenvalue weighted by atomic mass is 16.6. The Kier molecular flexibility index (Phi) is 5.35. The normalized spacial score (nSPS) is 27.5. The first-order chi connectivity index (χ1) is 10.3. The van der Waals surface area contributed by atoms with Crippen LogP contribution in [0.4, 0.5) is 4.79 Å². The standard InChI is InChI=1S/C17H29NO4/c1-17(2,3)22-16(21)18-10-8-12(9-11-18)13-6-4-5-7-14(13)15(19)20/h12-14H,4-11H2,1-3H3,(H,19,20). The number of carboxylic acid groups (broad SMARTS) is 1. The number of carbonyl (C=O) groups is 2. The van der Waals surface area contributed by atoms with Crippen LogP contribution >= 0.6 is 0 Å². The van der Waals surface area contributed by atoms with Gasteiger partial charge in [0.1, 0.15) is 5.60 Å². The maximum Gasteiger partial charge on any atom is 0.410 e. The first kappa shape index (κ1) is 17.1. The van der Waals surface area contributed by atoms with E-state index in [9.17, 15) is 14.7 Å². The van der Waals surface area contributed by atoms with E-state index in [0.29, 0.717) is 19.0 Å². The van der Waals surface area contributed by atoms with Gasteiger partial charge >= 0.3 is 12.1 Å². The molecule has 0 radical (unpaired) electrons. The van der Waals surface area contributed by atoms with Crippen molar-refractivity contribution in [2.45, 2.75) is 64.9 Å². The van der Waals surface area contributed by atoms with Crippen LogP contribution in [0.2, 0.25) is 0 Å². The molecule has 0 aromatic carbocycles. The van der Waals surface area contributed by atoms with Gasteiger partial charge in [0.15, 0.2) is 0 Å². The number of carbonyl (C=O) groups excluding carboxylic acids is 1. The van der Waals surface area contributed by atoms with E-state index >= 15 is 0 Å². The number of nitrogens with zero attached hydrogens (tertiary/aromatic N) is 1. The summed E-state index contributed by atoms with van der Waals surface area (Å²) in [6.45, 7) is 6.98. The van der Waals surface area contributed by atoms with E-state index < -0.39 is 11.6 Å². The summed E-state index contributed by atoms with van der Waals surface area (Å²) in [5, 5.41) is 9.42. The summed E-state index contributed by atoms with van der Waals surface area (Å²) >= 11 is 0. The van der Waals surface area contributed by atoms with Gasteiger partial charge in [-0.1, -0.05) is 12.8 Å². The predicted molar refractivity (Wildman–Crippen MR) is 83.6 cm³/mol. The molecule has 1 amide bonds. The molecule has 1 aliphatic carbocycles. The maximum atomic E-state index is 12.1. The van der Waals surface area contributed by atoms with Gasteiger partial charge in [-0.15, -0.1) is 0 Å². The second-order valence-electron chi connectivity index (χ2n) is 7.70. The highest BCUT2D eigenvalue weighted by molar-refractivity contribution is 5.70. The summed E-state index contributed by atoms with van der Waals surface area (Å²) in [6.07, 6.45) is 5.55. The minimum Gasteiger partial charge on any atom is -0.481 e. The van der Waals surface area contributed by atoms with Gasteiger partial charge < -0.3 is 14.7 Å². The average molecular weight is 311 g/mol. The van der Waals surface area contributed by atoms with Crippen LogP contribution in [0.1, 0.15) is 59.3 Å². The number of ether oxygens (including phenoxy) is 1. The lowest BCUT2D eigenvalue weighted by Crippen LogP contribution is -2.44. The summed E-state index contributed by atoms with van der Waals surface area (Å²) in [4.78, 5) is 25.3. The summed E-state index contributed by atoms with van der Waals surface area (Å²) < 4.78 is 5.41. The van der Waals surface area contributed by atoms with Crippen molar-refractivity contribution in [3.63, 3.8) is 0 Å². The lowest BCUT2D eigenvalue weighted by molar-refractivity contribution is -0.146. The minimum absolute atomic E-state index is 0.188. The molecule has 2 aliphatic rings. The fourth-order valence-electron chi connectivity index (χ4n) is 3.87. The molecular formula is C17H29NO4. The van der Waals surface area contributed by atoms with E-state index in [-0.39, 0.29) is 17.9 Å². The molecule has 126 valence electrons. The number of piperidine rings is 1. The van der Waals surface area contributed by atoms with Crippen molar-refractivity contribution in [3.05, 3.63) is 0 Å². The van der Waals surface area contributed by atoms with Gasteiger partial charge in [-0.25, -0.2) is 4.79 Å². The van der Waals surface area contributed by atoms with Gasteiger partial charge in [0.05, 0.1) is 5.92 Å². The van der Waals surface area contributed by atoms with Crippen LogP contribution in [-0.4, -0.2) is 40.8 Å². The third-order valence-electron chi connectivity index (χ3n) is 4.93. The summed E-state index contributed by atoms with van der Waals surface area (Å²) in [5.74, 6) is -0.113. The Morgan fingerprint density at radius 3 is 2.18 bits per heavy atom. The van der Waals surface area contributed by atoms with Crippen molar-refractivity contribution in [3.8, 4) is 0 Å². The highest BCUT2D eigenvalue weighted by Gasteiger charge is 2.38. The molecule has 0 spiro atoms. The SMILES string of the molecule is CC(C)(C)OC(=O)N1CCC(C2CCCCC2C(=O)O)CC1. The van der Waals surface area contributed by atoms with Gasteiger partial charge in [0, 0.05) is 13.1 Å². The number of aliphatic carboxylic acids is 1. The van der Waals surface area contributed by atoms with Gasteiger partial charge in [0.2, 0.25) is 0 Å². The zero-order valence-electron chi connectivity index (χ0n) is 14.0. The highest BCUT2D eigenvalue weighted by Crippen LogP contribution is 2.39. The Labute approximate surface area is 133 Å². The number of amides is 1. The molecule has 2 unspecified atom stereocenters. The van der Waals surface area contributed by atoms with Crippen LogP contribution in [0.15, 0.2) is 0 Å². The van der Waals surface area contributed by atoms with Gasteiger partial charge in [-0.2, -0.15) is 0 Å². The van der Waals surface area contributed by atoms with Crippen LogP contribution in [0.3, 0.4) is 0 Å². The molecule has 0 bridgehead atoms. The lowest BCUT2D eigenvalue weighted by Gasteiger charge is -2.40. The fraction of sp³-hybridized carbons (Fsp3) is 0.882. The molecule has 0 aromatic heterocycles. The first-order valence-electron chi connectivity index (χ1n) is 8.48. The van der Waals surface area contributed by atoms with Crippen LogP contribution in [-0.2, 0) is 9.53 Å².